The van der Waals surface area contributed by atoms with E-state index in [2.05, 4.69) is 16.7 Å². The molecule has 2 saturated heterocycles. The van der Waals surface area contributed by atoms with Crippen LogP contribution >= 0.6 is 11.6 Å². The Kier molecular flexibility index (Phi) is 5.38. The molecule has 2 heterocycles. The van der Waals surface area contributed by atoms with Crippen LogP contribution in [-0.2, 0) is 9.59 Å². The molecule has 0 bridgehead atoms. The molecule has 28 heavy (non-hydrogen) atoms. The van der Waals surface area contributed by atoms with Gasteiger partial charge in [0.25, 0.3) is 0 Å². The summed E-state index contributed by atoms with van der Waals surface area (Å²) < 4.78 is 0. The second kappa shape index (κ2) is 7.94. The first-order valence-corrected chi connectivity index (χ1v) is 10.0. The lowest BCUT2D eigenvalue weighted by molar-refractivity contribution is -0.141. The molecule has 4 rings (SSSR count). The summed E-state index contributed by atoms with van der Waals surface area (Å²) in [4.78, 5) is 31.2. The predicted molar refractivity (Wildman–Crippen MR) is 110 cm³/mol. The molecular formula is C22H24ClN3O2. The molecule has 5 nitrogen and oxygen atoms in total. The van der Waals surface area contributed by atoms with Gasteiger partial charge >= 0.3 is 0 Å². The van der Waals surface area contributed by atoms with E-state index in [0.29, 0.717) is 6.67 Å². The zero-order valence-corrected chi connectivity index (χ0v) is 16.7. The van der Waals surface area contributed by atoms with Gasteiger partial charge in [-0.25, -0.2) is 0 Å². The minimum Gasteiger partial charge on any atom is -0.369 e. The van der Waals surface area contributed by atoms with E-state index in [1.807, 2.05) is 48.5 Å². The van der Waals surface area contributed by atoms with Crippen molar-refractivity contribution in [3.8, 4) is 0 Å². The average Bonchev–Trinajstić information content (AvgIpc) is 2.99. The van der Waals surface area contributed by atoms with Crippen molar-refractivity contribution < 1.29 is 9.59 Å². The van der Waals surface area contributed by atoms with Gasteiger partial charge in [0.2, 0.25) is 11.8 Å². The molecule has 2 aliphatic heterocycles. The summed E-state index contributed by atoms with van der Waals surface area (Å²) in [6, 6.07) is 15.5. The fraction of sp³-hybridized carbons (Fsp3) is 0.364. The van der Waals surface area contributed by atoms with Gasteiger partial charge in [0.05, 0.1) is 12.6 Å². The summed E-state index contributed by atoms with van der Waals surface area (Å²) in [6.07, 6.45) is 0.268. The molecule has 0 saturated carbocycles. The average molecular weight is 398 g/mol. The number of carbonyl (C=O) groups excluding carboxylic acids is 2. The van der Waals surface area contributed by atoms with E-state index in [4.69, 9.17) is 11.6 Å². The zero-order valence-electron chi connectivity index (χ0n) is 16.0. The third kappa shape index (κ3) is 3.77. The van der Waals surface area contributed by atoms with Crippen molar-refractivity contribution in [1.82, 2.24) is 9.80 Å². The number of hydrogen-bond donors (Lipinski definition) is 0. The Morgan fingerprint density at radius 2 is 1.71 bits per heavy atom. The normalized spacial score (nSPS) is 20.9. The number of carbonyl (C=O) groups is 2. The zero-order chi connectivity index (χ0) is 19.7. The van der Waals surface area contributed by atoms with Crippen LogP contribution in [0.5, 0.6) is 0 Å². The number of piperazine rings is 1. The lowest BCUT2D eigenvalue weighted by Gasteiger charge is -2.38. The summed E-state index contributed by atoms with van der Waals surface area (Å²) in [5, 5.41) is 0.739. The maximum absolute atomic E-state index is 12.8. The van der Waals surface area contributed by atoms with Crippen molar-refractivity contribution in [3.05, 3.63) is 64.7 Å². The van der Waals surface area contributed by atoms with Gasteiger partial charge in [-0.2, -0.15) is 0 Å². The van der Waals surface area contributed by atoms with Gasteiger partial charge in [-0.05, 0) is 30.2 Å². The molecule has 6 heteroatoms. The maximum atomic E-state index is 12.8. The Balaban J connectivity index is 1.38. The van der Waals surface area contributed by atoms with E-state index < -0.39 is 0 Å². The number of aryl methyl sites for hydroxylation is 1. The molecule has 2 aromatic carbocycles. The summed E-state index contributed by atoms with van der Waals surface area (Å²) >= 11 is 6.16. The van der Waals surface area contributed by atoms with Gasteiger partial charge in [0, 0.05) is 43.3 Å². The first-order valence-electron chi connectivity index (χ1n) is 9.65. The van der Waals surface area contributed by atoms with Crippen LogP contribution < -0.4 is 4.90 Å². The third-order valence-electron chi connectivity index (χ3n) is 5.67. The maximum Gasteiger partial charge on any atom is 0.238 e. The second-order valence-electron chi connectivity index (χ2n) is 7.50. The van der Waals surface area contributed by atoms with Crippen LogP contribution in [0.1, 0.15) is 23.5 Å². The summed E-state index contributed by atoms with van der Waals surface area (Å²) in [5.74, 6) is -0.500. The molecule has 2 aliphatic rings. The number of halogens is 1. The summed E-state index contributed by atoms with van der Waals surface area (Å²) in [7, 11) is 0. The monoisotopic (exact) mass is 397 g/mol. The van der Waals surface area contributed by atoms with E-state index in [0.717, 1.165) is 42.5 Å². The van der Waals surface area contributed by atoms with Crippen molar-refractivity contribution in [3.63, 3.8) is 0 Å². The fourth-order valence-electron chi connectivity index (χ4n) is 4.03. The Labute approximate surface area is 170 Å². The second-order valence-corrected chi connectivity index (χ2v) is 7.94. The highest BCUT2D eigenvalue weighted by Gasteiger charge is 2.40. The van der Waals surface area contributed by atoms with Crippen molar-refractivity contribution in [2.24, 2.45) is 0 Å². The highest BCUT2D eigenvalue weighted by atomic mass is 35.5. The first-order chi connectivity index (χ1) is 13.5. The van der Waals surface area contributed by atoms with Gasteiger partial charge in [-0.1, -0.05) is 48.0 Å². The van der Waals surface area contributed by atoms with Crippen LogP contribution in [-0.4, -0.2) is 54.5 Å². The number of benzene rings is 2. The van der Waals surface area contributed by atoms with Crippen molar-refractivity contribution in [1.29, 1.82) is 0 Å². The molecule has 1 atom stereocenters. The minimum absolute atomic E-state index is 0.0769. The topological polar surface area (TPSA) is 43.9 Å². The van der Waals surface area contributed by atoms with E-state index >= 15 is 0 Å². The number of amides is 2. The van der Waals surface area contributed by atoms with Gasteiger partial charge in [0.1, 0.15) is 0 Å². The van der Waals surface area contributed by atoms with Crippen LogP contribution in [0.4, 0.5) is 5.69 Å². The molecule has 0 aromatic heterocycles. The molecule has 146 valence electrons. The smallest absolute Gasteiger partial charge is 0.238 e. The highest BCUT2D eigenvalue weighted by molar-refractivity contribution is 6.30. The molecule has 2 amide bonds. The quantitative estimate of drug-likeness (QED) is 0.743. The largest absolute Gasteiger partial charge is 0.369 e. The Morgan fingerprint density at radius 3 is 2.43 bits per heavy atom. The molecule has 2 fully saturated rings. The number of rotatable bonds is 4. The van der Waals surface area contributed by atoms with E-state index in [-0.39, 0.29) is 24.2 Å². The van der Waals surface area contributed by atoms with Crippen LogP contribution in [0, 0.1) is 6.92 Å². The number of nitrogens with zero attached hydrogens (tertiary/aromatic N) is 3. The van der Waals surface area contributed by atoms with Gasteiger partial charge in [-0.15, -0.1) is 0 Å². The van der Waals surface area contributed by atoms with Gasteiger partial charge in [0.15, 0.2) is 0 Å². The fourth-order valence-corrected chi connectivity index (χ4v) is 4.20. The van der Waals surface area contributed by atoms with Gasteiger partial charge < -0.3 is 4.90 Å². The number of anilines is 1. The van der Waals surface area contributed by atoms with Crippen molar-refractivity contribution >= 4 is 29.1 Å². The van der Waals surface area contributed by atoms with E-state index in [1.54, 1.807) is 0 Å². The molecule has 0 radical (unpaired) electrons. The van der Waals surface area contributed by atoms with Crippen LogP contribution in [0.2, 0.25) is 5.02 Å². The number of likely N-dealkylation sites (tertiary alicyclic amines) is 1. The molecule has 0 unspecified atom stereocenters. The summed E-state index contributed by atoms with van der Waals surface area (Å²) in [5.41, 5.74) is 3.28. The van der Waals surface area contributed by atoms with Gasteiger partial charge in [-0.3, -0.25) is 19.4 Å². The molecule has 2 aromatic rings. The molecule has 0 aliphatic carbocycles. The number of hydrogen-bond acceptors (Lipinski definition) is 4. The lowest BCUT2D eigenvalue weighted by atomic mass is 9.98. The predicted octanol–water partition coefficient (Wildman–Crippen LogP) is 3.27. The first kappa shape index (κ1) is 19.0. The van der Waals surface area contributed by atoms with Crippen LogP contribution in [0.3, 0.4) is 0 Å². The number of imide groups is 1. The van der Waals surface area contributed by atoms with Crippen molar-refractivity contribution in [2.75, 3.05) is 37.7 Å². The van der Waals surface area contributed by atoms with Crippen LogP contribution in [0.15, 0.2) is 48.5 Å². The highest BCUT2D eigenvalue weighted by Crippen LogP contribution is 2.30. The van der Waals surface area contributed by atoms with Crippen molar-refractivity contribution in [2.45, 2.75) is 19.3 Å². The SMILES string of the molecule is Cc1ccc(Cl)cc1N1CCN(CN2C(=O)C[C@H](c3ccccc3)C2=O)CC1. The third-order valence-corrected chi connectivity index (χ3v) is 5.91. The standard InChI is InChI=1S/C22H24ClN3O2/c1-16-7-8-18(23)13-20(16)25-11-9-24(10-12-25)15-26-21(27)14-19(22(26)28)17-5-3-2-4-6-17/h2-8,13,19H,9-12,14-15H2,1H3/t19-/m1/s1. The molecule has 0 N–H and O–H groups in total. The minimum atomic E-state index is -0.343. The summed E-state index contributed by atoms with van der Waals surface area (Å²) in [6.45, 7) is 5.77. The van der Waals surface area contributed by atoms with Crippen LogP contribution in [0.25, 0.3) is 0 Å². The lowest BCUT2D eigenvalue weighted by Crippen LogP contribution is -2.51. The Bertz CT molecular complexity index is 879. The van der Waals surface area contributed by atoms with E-state index in [1.165, 1.54) is 10.5 Å². The Morgan fingerprint density at radius 1 is 1.00 bits per heavy atom. The Hall–Kier alpha value is -2.37. The molecular weight excluding hydrogens is 374 g/mol. The van der Waals surface area contributed by atoms with E-state index in [9.17, 15) is 9.59 Å². The molecule has 0 spiro atoms.